The second-order valence-corrected chi connectivity index (χ2v) is 4.26. The molecule has 0 spiro atoms. The largest absolute Gasteiger partial charge is 0.493 e. The van der Waals surface area contributed by atoms with Gasteiger partial charge in [-0.15, -0.1) is 0 Å². The summed E-state index contributed by atoms with van der Waals surface area (Å²) in [5.74, 6) is 1.60. The van der Waals surface area contributed by atoms with Crippen LogP contribution in [0.1, 0.15) is 12.0 Å². The van der Waals surface area contributed by atoms with Crippen LogP contribution in [0.25, 0.3) is 0 Å². The fraction of sp³-hybridized carbons (Fsp3) is 0.462. The van der Waals surface area contributed by atoms with Crippen molar-refractivity contribution in [2.24, 2.45) is 0 Å². The maximum absolute atomic E-state index is 11.5. The Kier molecular flexibility index (Phi) is 3.52. The van der Waals surface area contributed by atoms with Gasteiger partial charge in [-0.2, -0.15) is 0 Å². The Bertz CT molecular complexity index is 415. The van der Waals surface area contributed by atoms with Crippen LogP contribution in [0.3, 0.4) is 0 Å². The molecule has 4 heteroatoms. The first-order chi connectivity index (χ1) is 8.18. The highest BCUT2D eigenvalue weighted by Gasteiger charge is 2.15. The lowest BCUT2D eigenvalue weighted by Gasteiger charge is -2.20. The van der Waals surface area contributed by atoms with Gasteiger partial charge in [-0.05, 0) is 25.0 Å². The molecule has 0 saturated carbocycles. The van der Waals surface area contributed by atoms with Crippen LogP contribution < -0.4 is 9.47 Å². The van der Waals surface area contributed by atoms with Crippen LogP contribution in [0.5, 0.6) is 11.5 Å². The molecule has 0 aliphatic carbocycles. The van der Waals surface area contributed by atoms with Crippen molar-refractivity contribution in [3.63, 3.8) is 0 Å². The van der Waals surface area contributed by atoms with Gasteiger partial charge in [-0.1, -0.05) is 6.07 Å². The Hall–Kier alpha value is -1.71. The Morgan fingerprint density at radius 3 is 3.06 bits per heavy atom. The topological polar surface area (TPSA) is 38.8 Å². The van der Waals surface area contributed by atoms with Gasteiger partial charge in [0.25, 0.3) is 5.91 Å². The van der Waals surface area contributed by atoms with Crippen LogP contribution in [0.2, 0.25) is 0 Å². The molecular formula is C13H17NO3. The molecule has 1 aliphatic heterocycles. The van der Waals surface area contributed by atoms with E-state index in [0.717, 1.165) is 36.5 Å². The standard InChI is InChI=1S/C13H17NO3/c1-14(2)13(15)9-17-12-7-3-6-11-10(12)5-4-8-16-11/h3,6-7H,4-5,8-9H2,1-2H3. The van der Waals surface area contributed by atoms with Gasteiger partial charge in [0.05, 0.1) is 6.61 Å². The summed E-state index contributed by atoms with van der Waals surface area (Å²) in [6.07, 6.45) is 1.94. The summed E-state index contributed by atoms with van der Waals surface area (Å²) < 4.78 is 11.1. The van der Waals surface area contributed by atoms with E-state index in [4.69, 9.17) is 9.47 Å². The highest BCUT2D eigenvalue weighted by molar-refractivity contribution is 5.77. The SMILES string of the molecule is CN(C)C(=O)COc1cccc2c1CCCO2. The molecule has 1 aromatic rings. The van der Waals surface area contributed by atoms with Gasteiger partial charge in [0, 0.05) is 19.7 Å². The highest BCUT2D eigenvalue weighted by Crippen LogP contribution is 2.32. The van der Waals surface area contributed by atoms with Crippen LogP contribution in [-0.2, 0) is 11.2 Å². The number of carbonyl (C=O) groups excluding carboxylic acids is 1. The lowest BCUT2D eigenvalue weighted by atomic mass is 10.1. The van der Waals surface area contributed by atoms with E-state index < -0.39 is 0 Å². The van der Waals surface area contributed by atoms with E-state index in [9.17, 15) is 4.79 Å². The Labute approximate surface area is 101 Å². The first kappa shape index (κ1) is 11.8. The molecule has 4 nitrogen and oxygen atoms in total. The van der Waals surface area contributed by atoms with E-state index >= 15 is 0 Å². The average molecular weight is 235 g/mol. The molecular weight excluding hydrogens is 218 g/mol. The molecule has 1 amide bonds. The minimum atomic E-state index is -0.0423. The summed E-state index contributed by atoms with van der Waals surface area (Å²) in [7, 11) is 3.44. The predicted molar refractivity (Wildman–Crippen MR) is 64.4 cm³/mol. The van der Waals surface area contributed by atoms with Crippen molar-refractivity contribution >= 4 is 5.91 Å². The maximum atomic E-state index is 11.5. The number of amides is 1. The molecule has 17 heavy (non-hydrogen) atoms. The summed E-state index contributed by atoms with van der Waals surface area (Å²) in [4.78, 5) is 13.0. The van der Waals surface area contributed by atoms with Crippen molar-refractivity contribution in [1.82, 2.24) is 4.90 Å². The summed E-state index contributed by atoms with van der Waals surface area (Å²) >= 11 is 0. The fourth-order valence-corrected chi connectivity index (χ4v) is 1.76. The predicted octanol–water partition coefficient (Wildman–Crippen LogP) is 1.48. The van der Waals surface area contributed by atoms with Crippen LogP contribution in [0, 0.1) is 0 Å². The van der Waals surface area contributed by atoms with Crippen molar-refractivity contribution in [2.75, 3.05) is 27.3 Å². The lowest BCUT2D eigenvalue weighted by molar-refractivity contribution is -0.130. The van der Waals surface area contributed by atoms with E-state index in [1.807, 2.05) is 18.2 Å². The van der Waals surface area contributed by atoms with E-state index in [-0.39, 0.29) is 12.5 Å². The first-order valence-corrected chi connectivity index (χ1v) is 5.76. The minimum Gasteiger partial charge on any atom is -0.493 e. The van der Waals surface area contributed by atoms with E-state index in [2.05, 4.69) is 0 Å². The molecule has 0 radical (unpaired) electrons. The van der Waals surface area contributed by atoms with Gasteiger partial charge >= 0.3 is 0 Å². The summed E-state index contributed by atoms with van der Waals surface area (Å²) in [6, 6.07) is 5.71. The molecule has 1 aromatic carbocycles. The van der Waals surface area contributed by atoms with E-state index in [1.165, 1.54) is 4.90 Å². The third-order valence-electron chi connectivity index (χ3n) is 2.77. The van der Waals surface area contributed by atoms with Crippen LogP contribution in [-0.4, -0.2) is 38.1 Å². The molecule has 0 fully saturated rings. The molecule has 1 heterocycles. The number of benzene rings is 1. The summed E-state index contributed by atoms with van der Waals surface area (Å²) in [6.45, 7) is 0.830. The van der Waals surface area contributed by atoms with Gasteiger partial charge in [0.15, 0.2) is 6.61 Å². The Balaban J connectivity index is 2.08. The number of nitrogens with zero attached hydrogens (tertiary/aromatic N) is 1. The molecule has 0 N–H and O–H groups in total. The molecule has 0 saturated heterocycles. The minimum absolute atomic E-state index is 0.0423. The zero-order valence-corrected chi connectivity index (χ0v) is 10.2. The van der Waals surface area contributed by atoms with Gasteiger partial charge in [0.2, 0.25) is 0 Å². The third kappa shape index (κ3) is 2.70. The quantitative estimate of drug-likeness (QED) is 0.796. The number of hydrogen-bond donors (Lipinski definition) is 0. The average Bonchev–Trinajstić information content (AvgIpc) is 2.35. The molecule has 92 valence electrons. The lowest BCUT2D eigenvalue weighted by Crippen LogP contribution is -2.27. The van der Waals surface area contributed by atoms with Crippen LogP contribution in [0.4, 0.5) is 0 Å². The van der Waals surface area contributed by atoms with Crippen molar-refractivity contribution in [2.45, 2.75) is 12.8 Å². The number of hydrogen-bond acceptors (Lipinski definition) is 3. The van der Waals surface area contributed by atoms with Crippen LogP contribution >= 0.6 is 0 Å². The van der Waals surface area contributed by atoms with Crippen molar-refractivity contribution in [3.8, 4) is 11.5 Å². The monoisotopic (exact) mass is 235 g/mol. The van der Waals surface area contributed by atoms with E-state index in [0.29, 0.717) is 0 Å². The van der Waals surface area contributed by atoms with Gasteiger partial charge < -0.3 is 14.4 Å². The summed E-state index contributed by atoms with van der Waals surface area (Å²) in [5.41, 5.74) is 1.07. The number of likely N-dealkylation sites (N-methyl/N-ethyl adjacent to an activating group) is 1. The maximum Gasteiger partial charge on any atom is 0.259 e. The van der Waals surface area contributed by atoms with Gasteiger partial charge in [0.1, 0.15) is 11.5 Å². The second-order valence-electron chi connectivity index (χ2n) is 4.26. The smallest absolute Gasteiger partial charge is 0.259 e. The van der Waals surface area contributed by atoms with Crippen LogP contribution in [0.15, 0.2) is 18.2 Å². The van der Waals surface area contributed by atoms with Crippen molar-refractivity contribution < 1.29 is 14.3 Å². The number of ether oxygens (including phenoxy) is 2. The second kappa shape index (κ2) is 5.08. The number of carbonyl (C=O) groups is 1. The normalized spacial score (nSPS) is 13.5. The molecule has 0 atom stereocenters. The summed E-state index contributed by atoms with van der Waals surface area (Å²) in [5, 5.41) is 0. The molecule has 0 bridgehead atoms. The van der Waals surface area contributed by atoms with Crippen molar-refractivity contribution in [1.29, 1.82) is 0 Å². The number of rotatable bonds is 3. The Morgan fingerprint density at radius 1 is 1.47 bits per heavy atom. The van der Waals surface area contributed by atoms with Crippen molar-refractivity contribution in [3.05, 3.63) is 23.8 Å². The fourth-order valence-electron chi connectivity index (χ4n) is 1.76. The molecule has 1 aliphatic rings. The van der Waals surface area contributed by atoms with Gasteiger partial charge in [-0.25, -0.2) is 0 Å². The molecule has 0 unspecified atom stereocenters. The number of fused-ring (bicyclic) bond motifs is 1. The highest BCUT2D eigenvalue weighted by atomic mass is 16.5. The van der Waals surface area contributed by atoms with Gasteiger partial charge in [-0.3, -0.25) is 4.79 Å². The van der Waals surface area contributed by atoms with E-state index in [1.54, 1.807) is 14.1 Å². The molecule has 2 rings (SSSR count). The third-order valence-corrected chi connectivity index (χ3v) is 2.77. The zero-order valence-electron chi connectivity index (χ0n) is 10.2. The Morgan fingerprint density at radius 2 is 2.29 bits per heavy atom. The molecule has 0 aromatic heterocycles. The first-order valence-electron chi connectivity index (χ1n) is 5.76. The zero-order chi connectivity index (χ0) is 12.3.